The molecule has 1 heterocycles. The summed E-state index contributed by atoms with van der Waals surface area (Å²) in [5.41, 5.74) is 7.53. The van der Waals surface area contributed by atoms with Crippen molar-refractivity contribution in [2.24, 2.45) is 17.6 Å². The second kappa shape index (κ2) is 38.1. The lowest BCUT2D eigenvalue weighted by atomic mass is 9.86. The Labute approximate surface area is 529 Å². The number of rotatable bonds is 41. The van der Waals surface area contributed by atoms with Gasteiger partial charge in [-0.1, -0.05) is 98.8 Å². The second-order valence-electron chi connectivity index (χ2n) is 23.1. The minimum atomic E-state index is -1.33. The van der Waals surface area contributed by atoms with Gasteiger partial charge >= 0.3 is 17.9 Å². The molecule has 4 atom stereocenters. The quantitative estimate of drug-likeness (QED) is 0.0376. The second-order valence-corrected chi connectivity index (χ2v) is 23.6. The van der Waals surface area contributed by atoms with E-state index in [-0.39, 0.29) is 76.0 Å². The number of hydrogen-bond donors (Lipinski definition) is 8. The highest BCUT2D eigenvalue weighted by molar-refractivity contribution is 7.80. The predicted octanol–water partition coefficient (Wildman–Crippen LogP) is 3.57. The smallest absolute Gasteiger partial charge is 0.303 e. The van der Waals surface area contributed by atoms with Crippen LogP contribution in [0.5, 0.6) is 11.5 Å². The van der Waals surface area contributed by atoms with Crippen LogP contribution in [0.3, 0.4) is 0 Å². The molecule has 25 nitrogen and oxygen atoms in total. The van der Waals surface area contributed by atoms with E-state index in [4.69, 9.17) is 15.2 Å². The van der Waals surface area contributed by atoms with Crippen LogP contribution in [0, 0.1) is 11.8 Å². The van der Waals surface area contributed by atoms with Crippen LogP contribution in [-0.4, -0.2) is 189 Å². The number of nitrogens with one attached hydrogen (secondary N) is 3. The van der Waals surface area contributed by atoms with Crippen molar-refractivity contribution >= 4 is 83.6 Å². The Morgan fingerprint density at radius 2 is 1.06 bits per heavy atom. The number of carboxylic acid groups (broad SMARTS) is 3. The maximum atomic E-state index is 14.7. The first-order chi connectivity index (χ1) is 43.0. The van der Waals surface area contributed by atoms with Crippen molar-refractivity contribution in [1.82, 2.24) is 35.6 Å². The molecule has 3 aromatic rings. The summed E-state index contributed by atoms with van der Waals surface area (Å²) in [6, 6.07) is 20.3. The highest BCUT2D eigenvalue weighted by atomic mass is 32.1. The Balaban J connectivity index is 1.43. The Bertz CT molecular complexity index is 2930. The molecular formula is C64H86N8O17S. The number of nitrogens with zero attached hydrogens (tertiary/aromatic N) is 4. The SMILES string of the molecule is CC(=O)N[C@@H](Cc1ccccc1)CN(CC(=O)N[C@@H](CCC(=O)O)CN(CC(=O)C[C@@H](CCC(=O)O)CN(CC(=O)N[C@@H](Cc1ccccc1)CN(CC(N)=O)C(=O)CCS)C(=O)CCC(=O)O)C(=O)Cc1ccc2c(c1)OCO2)C(=O)CCC1CCCCC1. The number of carbonyl (C=O) groups excluding carboxylic acids is 9. The number of hydrogen-bond acceptors (Lipinski definition) is 15. The minimum absolute atomic E-state index is 0.0544. The van der Waals surface area contributed by atoms with E-state index in [0.717, 1.165) is 53.0 Å². The molecule has 1 aliphatic carbocycles. The molecule has 26 heteroatoms. The normalized spacial score (nSPS) is 13.9. The molecule has 5 rings (SSSR count). The number of carboxylic acids is 3. The standard InChI is InChI=1S/C64H86N8O17S/c1-43(73)66-50(29-45-13-7-3-8-14-45)36-72(58(78)22-18-44-11-5-2-6-12-44)41-56(76)67-49(20-25-63(84)85)35-70(61(81)33-47-17-21-53-54(32-47)89-42-88-53)38-52(74)31-48(19-24-62(82)83)34-69(59(79)23-26-64(86)87)40-57(77)68-51(30-46-15-9-4-10-16-46)37-71(39-55(65)75)60(80)27-28-90/h3-4,7-10,13-17,21,32,44,48-51,90H,2,5-6,11-12,18-20,22-31,33-42H2,1H3,(H2,65,75)(H,66,73)(H,67,76)(H,68,77)(H,82,83)(H,84,85)(H,86,87)/t48-,49+,50+,51+/m1/s1. The van der Waals surface area contributed by atoms with Crippen molar-refractivity contribution < 1.29 is 82.3 Å². The van der Waals surface area contributed by atoms with Crippen LogP contribution < -0.4 is 31.2 Å². The summed E-state index contributed by atoms with van der Waals surface area (Å²) < 4.78 is 11.0. The van der Waals surface area contributed by atoms with Crippen LogP contribution >= 0.6 is 12.6 Å². The molecule has 3 aromatic carbocycles. The molecule has 0 radical (unpaired) electrons. The van der Waals surface area contributed by atoms with Gasteiger partial charge in [0.2, 0.25) is 54.1 Å². The lowest BCUT2D eigenvalue weighted by molar-refractivity contribution is -0.142. The highest BCUT2D eigenvalue weighted by Crippen LogP contribution is 2.33. The number of ether oxygens (including phenoxy) is 2. The van der Waals surface area contributed by atoms with Gasteiger partial charge in [-0.3, -0.25) is 57.5 Å². The highest BCUT2D eigenvalue weighted by Gasteiger charge is 2.32. The van der Waals surface area contributed by atoms with Crippen LogP contribution in [-0.2, 0) is 76.8 Å². The lowest BCUT2D eigenvalue weighted by Crippen LogP contribution is -2.53. The predicted molar refractivity (Wildman–Crippen MR) is 332 cm³/mol. The van der Waals surface area contributed by atoms with Crippen molar-refractivity contribution in [2.45, 2.75) is 141 Å². The van der Waals surface area contributed by atoms with Gasteiger partial charge in [0.05, 0.1) is 51.1 Å². The molecule has 90 heavy (non-hydrogen) atoms. The van der Waals surface area contributed by atoms with Crippen LogP contribution in [0.2, 0.25) is 0 Å². The van der Waals surface area contributed by atoms with E-state index < -0.39 is 155 Å². The third-order valence-electron chi connectivity index (χ3n) is 15.5. The van der Waals surface area contributed by atoms with Gasteiger partial charge in [0.25, 0.3) is 0 Å². The van der Waals surface area contributed by atoms with Crippen LogP contribution in [0.15, 0.2) is 78.9 Å². The first kappa shape index (κ1) is 72.2. The topological polar surface area (TPSA) is 359 Å². The first-order valence-electron chi connectivity index (χ1n) is 30.5. The van der Waals surface area contributed by atoms with E-state index >= 15 is 0 Å². The van der Waals surface area contributed by atoms with Gasteiger partial charge in [-0.2, -0.15) is 12.6 Å². The number of aliphatic carboxylic acids is 3. The van der Waals surface area contributed by atoms with Crippen LogP contribution in [0.4, 0.5) is 0 Å². The number of amides is 8. The number of nitrogens with two attached hydrogens (primary N) is 1. The summed E-state index contributed by atoms with van der Waals surface area (Å²) in [5.74, 6) is -9.25. The summed E-state index contributed by atoms with van der Waals surface area (Å²) in [7, 11) is 0. The summed E-state index contributed by atoms with van der Waals surface area (Å²) in [6.07, 6.45) is 2.70. The van der Waals surface area contributed by atoms with Crippen LogP contribution in [0.25, 0.3) is 0 Å². The van der Waals surface area contributed by atoms with Gasteiger partial charge in [0, 0.05) is 77.7 Å². The Morgan fingerprint density at radius 3 is 1.63 bits per heavy atom. The largest absolute Gasteiger partial charge is 0.481 e. The van der Waals surface area contributed by atoms with Crippen molar-refractivity contribution in [3.63, 3.8) is 0 Å². The van der Waals surface area contributed by atoms with Crippen LogP contribution in [0.1, 0.15) is 120 Å². The van der Waals surface area contributed by atoms with Gasteiger partial charge in [0.1, 0.15) is 0 Å². The zero-order valence-corrected chi connectivity index (χ0v) is 52.0. The number of fused-ring (bicyclic) bond motifs is 1. The molecule has 0 saturated heterocycles. The summed E-state index contributed by atoms with van der Waals surface area (Å²) >= 11 is 4.14. The van der Waals surface area contributed by atoms with Crippen molar-refractivity contribution in [3.05, 3.63) is 95.6 Å². The maximum Gasteiger partial charge on any atom is 0.303 e. The van der Waals surface area contributed by atoms with Crippen molar-refractivity contribution in [2.75, 3.05) is 64.9 Å². The average molecular weight is 1270 g/mol. The number of thiol groups is 1. The molecule has 0 aromatic heterocycles. The van der Waals surface area contributed by atoms with E-state index in [1.54, 1.807) is 48.5 Å². The first-order valence-corrected chi connectivity index (χ1v) is 31.1. The third kappa shape index (κ3) is 27.5. The molecule has 490 valence electrons. The van der Waals surface area contributed by atoms with Gasteiger partial charge in [-0.15, -0.1) is 0 Å². The van der Waals surface area contributed by atoms with Gasteiger partial charge in [0.15, 0.2) is 17.3 Å². The fourth-order valence-corrected chi connectivity index (χ4v) is 11.4. The molecule has 1 aliphatic heterocycles. The van der Waals surface area contributed by atoms with E-state index in [1.807, 2.05) is 30.3 Å². The Morgan fingerprint density at radius 1 is 0.544 bits per heavy atom. The fourth-order valence-electron chi connectivity index (χ4n) is 11.2. The molecule has 0 unspecified atom stereocenters. The molecule has 0 bridgehead atoms. The Kier molecular flexibility index (Phi) is 30.6. The molecule has 8 amide bonds. The molecular weight excluding hydrogens is 1180 g/mol. The summed E-state index contributed by atoms with van der Waals surface area (Å²) in [5, 5.41) is 38.0. The number of ketones is 1. The van der Waals surface area contributed by atoms with Gasteiger partial charge < -0.3 is 66.1 Å². The zero-order valence-electron chi connectivity index (χ0n) is 51.1. The monoisotopic (exact) mass is 1270 g/mol. The van der Waals surface area contributed by atoms with E-state index in [0.29, 0.717) is 35.8 Å². The Hall–Kier alpha value is -8.55. The number of benzene rings is 3. The third-order valence-corrected chi connectivity index (χ3v) is 15.8. The summed E-state index contributed by atoms with van der Waals surface area (Å²) in [6.45, 7) is -2.25. The van der Waals surface area contributed by atoms with E-state index in [1.165, 1.54) is 16.7 Å². The zero-order chi connectivity index (χ0) is 65.5. The van der Waals surface area contributed by atoms with E-state index in [9.17, 15) is 72.9 Å². The van der Waals surface area contributed by atoms with Gasteiger partial charge in [-0.25, -0.2) is 0 Å². The van der Waals surface area contributed by atoms with Crippen molar-refractivity contribution in [1.29, 1.82) is 0 Å². The molecule has 1 saturated carbocycles. The molecule has 2 aliphatic rings. The number of Topliss-reactive ketones (excluding diaryl/α,β-unsaturated/α-hetero) is 1. The fraction of sp³-hybridized carbons (Fsp3) is 0.531. The molecule has 8 N–H and O–H groups in total. The van der Waals surface area contributed by atoms with Gasteiger partial charge in [-0.05, 0) is 78.5 Å². The number of carbonyl (C=O) groups is 12. The van der Waals surface area contributed by atoms with E-state index in [2.05, 4.69) is 28.6 Å². The lowest BCUT2D eigenvalue weighted by Gasteiger charge is -2.32. The number of primary amides is 1. The molecule has 1 fully saturated rings. The maximum absolute atomic E-state index is 14.7. The van der Waals surface area contributed by atoms with Crippen molar-refractivity contribution in [3.8, 4) is 11.5 Å². The minimum Gasteiger partial charge on any atom is -0.481 e. The summed E-state index contributed by atoms with van der Waals surface area (Å²) in [4.78, 5) is 165. The molecule has 0 spiro atoms. The average Bonchev–Trinajstić information content (AvgIpc) is 2.26.